The van der Waals surface area contributed by atoms with Crippen LogP contribution in [0.4, 0.5) is 11.6 Å². The van der Waals surface area contributed by atoms with Gasteiger partial charge in [0, 0.05) is 31.7 Å². The lowest BCUT2D eigenvalue weighted by Crippen LogP contribution is -2.22. The van der Waals surface area contributed by atoms with Crippen molar-refractivity contribution in [1.29, 1.82) is 0 Å². The lowest BCUT2D eigenvalue weighted by Gasteiger charge is -2.19. The summed E-state index contributed by atoms with van der Waals surface area (Å²) < 4.78 is 5.23. The Balaban J connectivity index is 2.93. The lowest BCUT2D eigenvalue weighted by molar-refractivity contribution is 0.128. The molecule has 0 fully saturated rings. The minimum absolute atomic E-state index is 0.0747. The molecule has 5 heteroatoms. The van der Waals surface area contributed by atoms with E-state index in [0.29, 0.717) is 0 Å². The van der Waals surface area contributed by atoms with Crippen LogP contribution in [0.1, 0.15) is 40.4 Å². The summed E-state index contributed by atoms with van der Waals surface area (Å²) in [6.07, 6.45) is 0.149. The normalized spacial score (nSPS) is 13.2. The third-order valence-corrected chi connectivity index (χ3v) is 2.73. The number of nitrogens with zero attached hydrogens (tertiary/aromatic N) is 2. The third-order valence-electron chi connectivity index (χ3n) is 2.73. The van der Waals surface area contributed by atoms with Crippen molar-refractivity contribution in [2.45, 2.75) is 46.1 Å². The molecule has 1 aromatic heterocycles. The van der Waals surface area contributed by atoms with Gasteiger partial charge < -0.3 is 15.4 Å². The van der Waals surface area contributed by atoms with Crippen LogP contribution < -0.4 is 10.6 Å². The number of hydrogen-bond donors (Lipinski definition) is 2. The highest BCUT2D eigenvalue weighted by molar-refractivity contribution is 5.48. The van der Waals surface area contributed by atoms with Gasteiger partial charge in [-0.05, 0) is 13.8 Å². The molecule has 0 aliphatic rings. The van der Waals surface area contributed by atoms with Crippen molar-refractivity contribution in [2.24, 2.45) is 0 Å². The Morgan fingerprint density at radius 2 is 1.79 bits per heavy atom. The van der Waals surface area contributed by atoms with Gasteiger partial charge in [0.25, 0.3) is 0 Å². The van der Waals surface area contributed by atoms with Crippen molar-refractivity contribution in [2.75, 3.05) is 30.8 Å². The number of methoxy groups -OCH3 is 1. The zero-order valence-corrected chi connectivity index (χ0v) is 12.9. The van der Waals surface area contributed by atoms with E-state index in [1.165, 1.54) is 0 Å². The molecule has 0 spiro atoms. The van der Waals surface area contributed by atoms with Crippen molar-refractivity contribution < 1.29 is 4.74 Å². The van der Waals surface area contributed by atoms with Crippen LogP contribution in [0.3, 0.4) is 0 Å². The van der Waals surface area contributed by atoms with Gasteiger partial charge in [0.05, 0.1) is 6.10 Å². The van der Waals surface area contributed by atoms with Gasteiger partial charge in [-0.15, -0.1) is 0 Å². The number of ether oxygens (including phenoxy) is 1. The maximum Gasteiger partial charge on any atom is 0.138 e. The molecular weight excluding hydrogens is 240 g/mol. The zero-order valence-electron chi connectivity index (χ0n) is 12.9. The van der Waals surface area contributed by atoms with Crippen molar-refractivity contribution in [1.82, 2.24) is 9.97 Å². The zero-order chi connectivity index (χ0) is 14.5. The van der Waals surface area contributed by atoms with Gasteiger partial charge in [-0.1, -0.05) is 20.8 Å². The topological polar surface area (TPSA) is 59.1 Å². The van der Waals surface area contributed by atoms with Crippen LogP contribution in [0.25, 0.3) is 0 Å². The monoisotopic (exact) mass is 266 g/mol. The molecule has 0 bridgehead atoms. The van der Waals surface area contributed by atoms with Crippen LogP contribution in [-0.2, 0) is 10.2 Å². The molecule has 1 heterocycles. The van der Waals surface area contributed by atoms with Crippen molar-refractivity contribution in [3.05, 3.63) is 11.9 Å². The Morgan fingerprint density at radius 3 is 2.26 bits per heavy atom. The number of hydrogen-bond acceptors (Lipinski definition) is 5. The van der Waals surface area contributed by atoms with Gasteiger partial charge in [-0.3, -0.25) is 0 Å². The first-order valence-corrected chi connectivity index (χ1v) is 6.77. The fraction of sp³-hybridized carbons (Fsp3) is 0.714. The van der Waals surface area contributed by atoms with E-state index in [2.05, 4.69) is 48.3 Å². The molecule has 19 heavy (non-hydrogen) atoms. The Morgan fingerprint density at radius 1 is 1.21 bits per heavy atom. The molecule has 1 unspecified atom stereocenters. The Hall–Kier alpha value is -1.36. The highest BCUT2D eigenvalue weighted by Gasteiger charge is 2.19. The highest BCUT2D eigenvalue weighted by atomic mass is 16.5. The van der Waals surface area contributed by atoms with Crippen molar-refractivity contribution in [3.63, 3.8) is 0 Å². The predicted molar refractivity (Wildman–Crippen MR) is 79.9 cm³/mol. The summed E-state index contributed by atoms with van der Waals surface area (Å²) >= 11 is 0. The summed E-state index contributed by atoms with van der Waals surface area (Å²) in [5.41, 5.74) is -0.0747. The molecule has 1 atom stereocenters. The fourth-order valence-corrected chi connectivity index (χ4v) is 1.48. The van der Waals surface area contributed by atoms with E-state index >= 15 is 0 Å². The average molecular weight is 266 g/mol. The summed E-state index contributed by atoms with van der Waals surface area (Å²) in [6, 6.07) is 1.93. The van der Waals surface area contributed by atoms with Gasteiger partial charge >= 0.3 is 0 Å². The summed E-state index contributed by atoms with van der Waals surface area (Å²) in [4.78, 5) is 9.12. The number of rotatable bonds is 6. The average Bonchev–Trinajstić information content (AvgIpc) is 2.35. The first-order valence-electron chi connectivity index (χ1n) is 6.77. The molecule has 5 nitrogen and oxygen atoms in total. The van der Waals surface area contributed by atoms with Crippen LogP contribution >= 0.6 is 0 Å². The van der Waals surface area contributed by atoms with E-state index in [-0.39, 0.29) is 11.5 Å². The molecule has 1 rings (SSSR count). The Bertz CT molecular complexity index is 401. The van der Waals surface area contributed by atoms with Crippen LogP contribution in [0, 0.1) is 0 Å². The Labute approximate surface area is 116 Å². The van der Waals surface area contributed by atoms with Gasteiger partial charge in [0.2, 0.25) is 0 Å². The van der Waals surface area contributed by atoms with Crippen LogP contribution in [0.5, 0.6) is 0 Å². The third kappa shape index (κ3) is 5.03. The molecule has 108 valence electrons. The number of anilines is 2. The first kappa shape index (κ1) is 15.7. The number of aromatic nitrogens is 2. The standard InChI is InChI=1S/C14H26N4O/c1-7-15-11-8-12(16-9-10(2)19-6)18-13(17-11)14(3,4)5/h8,10H,7,9H2,1-6H3,(H2,15,16,17,18). The second kappa shape index (κ2) is 6.70. The molecule has 0 aromatic carbocycles. The molecule has 1 aromatic rings. The summed E-state index contributed by atoms with van der Waals surface area (Å²) in [5.74, 6) is 2.52. The van der Waals surface area contributed by atoms with Gasteiger partial charge in [-0.2, -0.15) is 0 Å². The molecule has 0 amide bonds. The minimum atomic E-state index is -0.0747. The largest absolute Gasteiger partial charge is 0.380 e. The van der Waals surface area contributed by atoms with E-state index in [1.54, 1.807) is 7.11 Å². The second-order valence-corrected chi connectivity index (χ2v) is 5.67. The van der Waals surface area contributed by atoms with E-state index in [0.717, 1.165) is 30.5 Å². The van der Waals surface area contributed by atoms with Crippen molar-refractivity contribution >= 4 is 11.6 Å². The quantitative estimate of drug-likeness (QED) is 0.829. The van der Waals surface area contributed by atoms with Gasteiger partial charge in [-0.25, -0.2) is 9.97 Å². The van der Waals surface area contributed by atoms with Crippen LogP contribution in [0.15, 0.2) is 6.07 Å². The molecular formula is C14H26N4O. The van der Waals surface area contributed by atoms with Gasteiger partial charge in [0.1, 0.15) is 17.5 Å². The van der Waals surface area contributed by atoms with E-state index < -0.39 is 0 Å². The lowest BCUT2D eigenvalue weighted by atomic mass is 9.96. The smallest absolute Gasteiger partial charge is 0.138 e. The molecule has 0 saturated heterocycles. The highest BCUT2D eigenvalue weighted by Crippen LogP contribution is 2.22. The summed E-state index contributed by atoms with van der Waals surface area (Å²) in [6.45, 7) is 12.0. The summed E-state index contributed by atoms with van der Waals surface area (Å²) in [7, 11) is 1.71. The summed E-state index contributed by atoms with van der Waals surface area (Å²) in [5, 5.41) is 6.53. The maximum absolute atomic E-state index is 5.23. The maximum atomic E-state index is 5.23. The first-order chi connectivity index (χ1) is 8.86. The van der Waals surface area contributed by atoms with Gasteiger partial charge in [0.15, 0.2) is 0 Å². The second-order valence-electron chi connectivity index (χ2n) is 5.67. The van der Waals surface area contributed by atoms with E-state index in [1.807, 2.05) is 13.0 Å². The van der Waals surface area contributed by atoms with Crippen LogP contribution in [-0.4, -0.2) is 36.3 Å². The Kier molecular flexibility index (Phi) is 5.54. The fourth-order valence-electron chi connectivity index (χ4n) is 1.48. The predicted octanol–water partition coefficient (Wildman–Crippen LogP) is 2.65. The number of nitrogens with one attached hydrogen (secondary N) is 2. The van der Waals surface area contributed by atoms with Crippen molar-refractivity contribution in [3.8, 4) is 0 Å². The minimum Gasteiger partial charge on any atom is -0.380 e. The molecule has 0 aliphatic heterocycles. The SMILES string of the molecule is CCNc1cc(NCC(C)OC)nc(C(C)(C)C)n1. The molecule has 0 saturated carbocycles. The molecule has 0 aliphatic carbocycles. The van der Waals surface area contributed by atoms with Crippen LogP contribution in [0.2, 0.25) is 0 Å². The van der Waals surface area contributed by atoms with E-state index in [9.17, 15) is 0 Å². The van der Waals surface area contributed by atoms with E-state index in [4.69, 9.17) is 4.74 Å². The molecule has 0 radical (unpaired) electrons. The molecule has 2 N–H and O–H groups in total.